The minimum Gasteiger partial charge on any atom is -0.488 e. The van der Waals surface area contributed by atoms with Crippen molar-refractivity contribution in [1.82, 2.24) is 0 Å². The van der Waals surface area contributed by atoms with E-state index < -0.39 is 12.1 Å². The monoisotopic (exact) mass is 229 g/mol. The van der Waals surface area contributed by atoms with Gasteiger partial charge in [-0.3, -0.25) is 0 Å². The van der Waals surface area contributed by atoms with Crippen LogP contribution >= 0.6 is 0 Å². The number of carbonyl (C=O) groups is 1. The number of fused-ring (bicyclic) bond motifs is 1. The van der Waals surface area contributed by atoms with Crippen molar-refractivity contribution in [3.8, 4) is 11.8 Å². The van der Waals surface area contributed by atoms with Crippen LogP contribution in [0.4, 0.5) is 0 Å². The molecule has 1 aliphatic rings. The minimum atomic E-state index is -0.749. The number of esters is 1. The highest BCUT2D eigenvalue weighted by molar-refractivity contribution is 5.95. The van der Waals surface area contributed by atoms with Gasteiger partial charge < -0.3 is 9.47 Å². The Labute approximate surface area is 99.1 Å². The molecule has 1 atom stereocenters. The van der Waals surface area contributed by atoms with Gasteiger partial charge in [0, 0.05) is 5.56 Å². The molecule has 1 aromatic rings. The molecule has 0 spiro atoms. The van der Waals surface area contributed by atoms with Gasteiger partial charge in [-0.25, -0.2) is 4.79 Å². The Bertz CT molecular complexity index is 514. The molecule has 0 bridgehead atoms. The third kappa shape index (κ3) is 2.45. The van der Waals surface area contributed by atoms with Crippen LogP contribution in [-0.4, -0.2) is 18.7 Å². The minimum absolute atomic E-state index is 0.175. The molecule has 0 unspecified atom stereocenters. The molecule has 1 aliphatic heterocycles. The highest BCUT2D eigenvalue weighted by Crippen LogP contribution is 2.26. The summed E-state index contributed by atoms with van der Waals surface area (Å²) in [5.74, 6) is 0.242. The first-order valence-electron chi connectivity index (χ1n) is 5.23. The van der Waals surface area contributed by atoms with E-state index in [9.17, 15) is 4.79 Å². The molecule has 0 aromatic heterocycles. The molecule has 86 valence electrons. The molecule has 4 heteroatoms. The summed E-state index contributed by atoms with van der Waals surface area (Å²) in [6, 6.07) is 9.27. The smallest absolute Gasteiger partial charge is 0.338 e. The maximum absolute atomic E-state index is 11.7. The quantitative estimate of drug-likeness (QED) is 0.727. The molecule has 0 saturated carbocycles. The highest BCUT2D eigenvalue weighted by Gasteiger charge is 2.19. The molecule has 17 heavy (non-hydrogen) atoms. The summed E-state index contributed by atoms with van der Waals surface area (Å²) in [5.41, 5.74) is 1.26. The van der Waals surface area contributed by atoms with E-state index in [1.807, 2.05) is 30.3 Å². The van der Waals surface area contributed by atoms with Crippen molar-refractivity contribution >= 4 is 12.0 Å². The fourth-order valence-electron chi connectivity index (χ4n) is 1.50. The molecule has 0 aliphatic carbocycles. The maximum atomic E-state index is 11.7. The first-order valence-corrected chi connectivity index (χ1v) is 5.23. The number of nitrogens with zero attached hydrogens (tertiary/aromatic N) is 1. The lowest BCUT2D eigenvalue weighted by Crippen LogP contribution is -2.20. The van der Waals surface area contributed by atoms with Crippen LogP contribution in [0, 0.1) is 11.3 Å². The number of rotatable bonds is 2. The number of para-hydroxylation sites is 1. The summed E-state index contributed by atoms with van der Waals surface area (Å²) >= 11 is 0. The topological polar surface area (TPSA) is 59.3 Å². The predicted octanol–water partition coefficient (Wildman–Crippen LogP) is 1.92. The molecule has 2 rings (SSSR count). The molecular weight excluding hydrogens is 218 g/mol. The third-order valence-corrected chi connectivity index (χ3v) is 2.36. The van der Waals surface area contributed by atoms with Crippen molar-refractivity contribution in [3.63, 3.8) is 0 Å². The Morgan fingerprint density at radius 3 is 3.06 bits per heavy atom. The second-order valence-corrected chi connectivity index (χ2v) is 3.67. The van der Waals surface area contributed by atoms with E-state index in [2.05, 4.69) is 0 Å². The van der Waals surface area contributed by atoms with E-state index in [0.717, 1.165) is 11.3 Å². The van der Waals surface area contributed by atoms with Gasteiger partial charge in [0.25, 0.3) is 0 Å². The number of nitriles is 1. The normalized spacial score (nSPS) is 14.7. The SMILES string of the molecule is C[C@H](C#N)OC(=O)C1=Cc2ccccc2OC1. The van der Waals surface area contributed by atoms with Gasteiger partial charge in [-0.15, -0.1) is 0 Å². The second kappa shape index (κ2) is 4.71. The third-order valence-electron chi connectivity index (χ3n) is 2.36. The first kappa shape index (κ1) is 11.2. The Morgan fingerprint density at radius 2 is 2.29 bits per heavy atom. The zero-order valence-corrected chi connectivity index (χ0v) is 9.34. The molecule has 0 radical (unpaired) electrons. The molecule has 1 heterocycles. The average Bonchev–Trinajstić information content (AvgIpc) is 2.38. The summed E-state index contributed by atoms with van der Waals surface area (Å²) in [6.07, 6.45) is 0.978. The first-order chi connectivity index (χ1) is 8.20. The van der Waals surface area contributed by atoms with Crippen molar-refractivity contribution in [2.45, 2.75) is 13.0 Å². The lowest BCUT2D eigenvalue weighted by atomic mass is 10.1. The zero-order valence-electron chi connectivity index (χ0n) is 9.34. The van der Waals surface area contributed by atoms with E-state index >= 15 is 0 Å². The van der Waals surface area contributed by atoms with Crippen molar-refractivity contribution in [2.24, 2.45) is 0 Å². The molecule has 0 saturated heterocycles. The Morgan fingerprint density at radius 1 is 1.53 bits per heavy atom. The maximum Gasteiger partial charge on any atom is 0.338 e. The molecule has 0 fully saturated rings. The van der Waals surface area contributed by atoms with Gasteiger partial charge in [-0.05, 0) is 19.1 Å². The number of ether oxygens (including phenoxy) is 2. The summed E-state index contributed by atoms with van der Waals surface area (Å²) < 4.78 is 10.3. The van der Waals surface area contributed by atoms with Crippen molar-refractivity contribution in [1.29, 1.82) is 5.26 Å². The lowest BCUT2D eigenvalue weighted by Gasteiger charge is -2.17. The summed E-state index contributed by atoms with van der Waals surface area (Å²) in [4.78, 5) is 11.7. The predicted molar refractivity (Wildman–Crippen MR) is 61.1 cm³/mol. The number of hydrogen-bond acceptors (Lipinski definition) is 4. The van der Waals surface area contributed by atoms with Crippen LogP contribution in [0.25, 0.3) is 6.08 Å². The number of hydrogen-bond donors (Lipinski definition) is 0. The van der Waals surface area contributed by atoms with Gasteiger partial charge in [-0.1, -0.05) is 18.2 Å². The van der Waals surface area contributed by atoms with Crippen LogP contribution in [0.1, 0.15) is 12.5 Å². The van der Waals surface area contributed by atoms with Crippen LogP contribution in [0.2, 0.25) is 0 Å². The van der Waals surface area contributed by atoms with Gasteiger partial charge in [0.05, 0.1) is 5.57 Å². The van der Waals surface area contributed by atoms with Gasteiger partial charge in [0.15, 0.2) is 6.10 Å². The lowest BCUT2D eigenvalue weighted by molar-refractivity contribution is -0.141. The van der Waals surface area contributed by atoms with Crippen LogP contribution in [0.3, 0.4) is 0 Å². The van der Waals surface area contributed by atoms with E-state index in [4.69, 9.17) is 14.7 Å². The Balaban J connectivity index is 2.17. The Hall–Kier alpha value is -2.28. The van der Waals surface area contributed by atoms with Crippen molar-refractivity contribution < 1.29 is 14.3 Å². The fraction of sp³-hybridized carbons (Fsp3) is 0.231. The number of benzene rings is 1. The molecular formula is C13H11NO3. The average molecular weight is 229 g/mol. The van der Waals surface area contributed by atoms with Gasteiger partial charge in [0.2, 0.25) is 0 Å². The fourth-order valence-corrected chi connectivity index (χ4v) is 1.50. The molecule has 4 nitrogen and oxygen atoms in total. The van der Waals surface area contributed by atoms with E-state index in [-0.39, 0.29) is 6.61 Å². The van der Waals surface area contributed by atoms with Crippen LogP contribution < -0.4 is 4.74 Å². The largest absolute Gasteiger partial charge is 0.488 e. The highest BCUT2D eigenvalue weighted by atomic mass is 16.5. The van der Waals surface area contributed by atoms with E-state index in [1.54, 1.807) is 6.08 Å². The Kier molecular flexibility index (Phi) is 3.10. The number of carbonyl (C=O) groups excluding carboxylic acids is 1. The molecule has 0 amide bonds. The van der Waals surface area contributed by atoms with Gasteiger partial charge in [-0.2, -0.15) is 5.26 Å². The van der Waals surface area contributed by atoms with Crippen LogP contribution in [0.5, 0.6) is 5.75 Å². The van der Waals surface area contributed by atoms with Gasteiger partial charge >= 0.3 is 5.97 Å². The van der Waals surface area contributed by atoms with Gasteiger partial charge in [0.1, 0.15) is 18.4 Å². The van der Waals surface area contributed by atoms with Crippen molar-refractivity contribution in [3.05, 3.63) is 35.4 Å². The van der Waals surface area contributed by atoms with Crippen molar-refractivity contribution in [2.75, 3.05) is 6.61 Å². The summed E-state index contributed by atoms with van der Waals surface area (Å²) in [5, 5.41) is 8.56. The summed E-state index contributed by atoms with van der Waals surface area (Å²) in [7, 11) is 0. The van der Waals surface area contributed by atoms with E-state index in [1.165, 1.54) is 6.92 Å². The van der Waals surface area contributed by atoms with Crippen LogP contribution in [0.15, 0.2) is 29.8 Å². The zero-order chi connectivity index (χ0) is 12.3. The molecule has 1 aromatic carbocycles. The van der Waals surface area contributed by atoms with E-state index in [0.29, 0.717) is 5.57 Å². The standard InChI is InChI=1S/C13H11NO3/c1-9(7-14)17-13(15)11-6-10-4-2-3-5-12(10)16-8-11/h2-6,9H,8H2,1H3/t9-/m1/s1. The molecule has 0 N–H and O–H groups in total. The van der Waals surface area contributed by atoms with Crippen LogP contribution in [-0.2, 0) is 9.53 Å². The second-order valence-electron chi connectivity index (χ2n) is 3.67. The summed E-state index contributed by atoms with van der Waals surface area (Å²) in [6.45, 7) is 1.70.